The first-order chi connectivity index (χ1) is 18.1. The molecular weight excluding hydrogens is 505 g/mol. The van der Waals surface area contributed by atoms with E-state index in [1.165, 1.54) is 11.1 Å². The smallest absolute Gasteiger partial charge is 0.243 e. The Morgan fingerprint density at radius 3 is 1.82 bits per heavy atom. The molecule has 1 atom stereocenters. The third-order valence-corrected chi connectivity index (χ3v) is 9.86. The molecule has 0 bridgehead atoms. The standard InChI is InChI=1S/C32H40N2O2SSi/c1-27-15-17-31(18-16-27)37(35,36)34-22-19-30(20-23-34)32(21-24-38(2,3)4)33(25-28-11-7-5-8-12-28)26-29-13-9-6-10-14-29/h5-18,30,32H,19-20,22-23,25-26H2,1-4H3/t32-/m0/s1. The summed E-state index contributed by atoms with van der Waals surface area (Å²) in [5, 5.41) is 0. The van der Waals surface area contributed by atoms with E-state index in [0.29, 0.717) is 23.9 Å². The lowest BCUT2D eigenvalue weighted by molar-refractivity contribution is 0.130. The highest BCUT2D eigenvalue weighted by Crippen LogP contribution is 2.30. The molecule has 3 aromatic carbocycles. The van der Waals surface area contributed by atoms with E-state index in [2.05, 4.69) is 96.7 Å². The molecule has 1 aliphatic rings. The van der Waals surface area contributed by atoms with Crippen molar-refractivity contribution < 1.29 is 8.42 Å². The maximum absolute atomic E-state index is 13.3. The summed E-state index contributed by atoms with van der Waals surface area (Å²) < 4.78 is 28.3. The fourth-order valence-corrected chi connectivity index (χ4v) is 7.03. The second-order valence-electron chi connectivity index (χ2n) is 11.4. The summed E-state index contributed by atoms with van der Waals surface area (Å²) in [7, 11) is -5.09. The Kier molecular flexibility index (Phi) is 9.27. The highest BCUT2D eigenvalue weighted by molar-refractivity contribution is 7.89. The van der Waals surface area contributed by atoms with Gasteiger partial charge in [-0.05, 0) is 48.9 Å². The Morgan fingerprint density at radius 2 is 1.34 bits per heavy atom. The zero-order valence-corrected chi connectivity index (χ0v) is 24.9. The summed E-state index contributed by atoms with van der Waals surface area (Å²) in [6.07, 6.45) is 1.60. The first-order valence-corrected chi connectivity index (χ1v) is 18.5. The van der Waals surface area contributed by atoms with E-state index in [-0.39, 0.29) is 6.04 Å². The number of hydrogen-bond acceptors (Lipinski definition) is 3. The number of rotatable bonds is 8. The van der Waals surface area contributed by atoms with Crippen LogP contribution in [-0.2, 0) is 23.1 Å². The van der Waals surface area contributed by atoms with Crippen LogP contribution >= 0.6 is 0 Å². The summed E-state index contributed by atoms with van der Waals surface area (Å²) in [5.41, 5.74) is 7.25. The van der Waals surface area contributed by atoms with Crippen LogP contribution in [0, 0.1) is 24.3 Å². The van der Waals surface area contributed by atoms with E-state index < -0.39 is 18.1 Å². The first-order valence-electron chi connectivity index (χ1n) is 13.5. The summed E-state index contributed by atoms with van der Waals surface area (Å²) in [5.74, 6) is 4.03. The molecule has 0 saturated carbocycles. The van der Waals surface area contributed by atoms with E-state index in [1.54, 1.807) is 16.4 Å². The summed E-state index contributed by atoms with van der Waals surface area (Å²) >= 11 is 0. The lowest BCUT2D eigenvalue weighted by atomic mass is 9.89. The Hall–Kier alpha value is -2.69. The predicted octanol–water partition coefficient (Wildman–Crippen LogP) is 6.35. The van der Waals surface area contributed by atoms with Crippen LogP contribution in [0.25, 0.3) is 0 Å². The molecule has 1 saturated heterocycles. The van der Waals surface area contributed by atoms with Crippen LogP contribution in [0.15, 0.2) is 89.8 Å². The minimum absolute atomic E-state index is 0.0615. The normalized spacial score (nSPS) is 16.1. The van der Waals surface area contributed by atoms with Crippen molar-refractivity contribution >= 4 is 18.1 Å². The van der Waals surface area contributed by atoms with Crippen LogP contribution in [-0.4, -0.2) is 44.8 Å². The zero-order chi connectivity index (χ0) is 27.2. The van der Waals surface area contributed by atoms with E-state index in [4.69, 9.17) is 0 Å². The maximum atomic E-state index is 13.3. The number of aryl methyl sites for hydroxylation is 1. The monoisotopic (exact) mass is 544 g/mol. The molecule has 0 aliphatic carbocycles. The lowest BCUT2D eigenvalue weighted by Gasteiger charge is -2.39. The van der Waals surface area contributed by atoms with Crippen LogP contribution in [0.3, 0.4) is 0 Å². The fourth-order valence-electron chi connectivity index (χ4n) is 4.98. The van der Waals surface area contributed by atoms with Crippen molar-refractivity contribution in [1.82, 2.24) is 9.21 Å². The highest BCUT2D eigenvalue weighted by atomic mass is 32.2. The Balaban J connectivity index is 1.60. The van der Waals surface area contributed by atoms with Gasteiger partial charge in [-0.15, -0.1) is 5.54 Å². The van der Waals surface area contributed by atoms with E-state index in [0.717, 1.165) is 31.5 Å². The first kappa shape index (κ1) is 28.3. The number of piperidine rings is 1. The Bertz CT molecular complexity index is 1290. The van der Waals surface area contributed by atoms with Gasteiger partial charge < -0.3 is 0 Å². The summed E-state index contributed by atoms with van der Waals surface area (Å²) in [6.45, 7) is 11.5. The van der Waals surface area contributed by atoms with Gasteiger partial charge in [0, 0.05) is 26.2 Å². The van der Waals surface area contributed by atoms with Crippen molar-refractivity contribution in [1.29, 1.82) is 0 Å². The second-order valence-corrected chi connectivity index (χ2v) is 18.1. The van der Waals surface area contributed by atoms with Crippen LogP contribution < -0.4 is 0 Å². The molecule has 0 aromatic heterocycles. The average molecular weight is 545 g/mol. The Labute approximate surface area is 230 Å². The molecule has 1 heterocycles. The average Bonchev–Trinajstić information content (AvgIpc) is 2.90. The largest absolute Gasteiger partial charge is 0.281 e. The van der Waals surface area contributed by atoms with Gasteiger partial charge in [0.2, 0.25) is 10.0 Å². The zero-order valence-electron chi connectivity index (χ0n) is 23.1. The summed E-state index contributed by atoms with van der Waals surface area (Å²) in [4.78, 5) is 2.89. The molecule has 6 heteroatoms. The fraction of sp³-hybridized carbons (Fsp3) is 0.375. The molecule has 1 fully saturated rings. The van der Waals surface area contributed by atoms with Crippen LogP contribution in [0.4, 0.5) is 0 Å². The minimum atomic E-state index is -3.49. The van der Waals surface area contributed by atoms with Crippen molar-refractivity contribution in [2.24, 2.45) is 5.92 Å². The molecule has 4 rings (SSSR count). The molecule has 4 nitrogen and oxygen atoms in total. The van der Waals surface area contributed by atoms with Gasteiger partial charge in [0.05, 0.1) is 10.9 Å². The molecule has 1 aliphatic heterocycles. The minimum Gasteiger partial charge on any atom is -0.281 e. The third kappa shape index (κ3) is 7.67. The van der Waals surface area contributed by atoms with Crippen molar-refractivity contribution in [3.63, 3.8) is 0 Å². The number of nitrogens with zero attached hydrogens (tertiary/aromatic N) is 2. The van der Waals surface area contributed by atoms with Crippen molar-refractivity contribution in [2.75, 3.05) is 13.1 Å². The maximum Gasteiger partial charge on any atom is 0.243 e. The number of hydrogen-bond donors (Lipinski definition) is 0. The molecule has 0 amide bonds. The second kappa shape index (κ2) is 12.4. The topological polar surface area (TPSA) is 40.6 Å². The van der Waals surface area contributed by atoms with Crippen molar-refractivity contribution in [3.05, 3.63) is 102 Å². The predicted molar refractivity (Wildman–Crippen MR) is 160 cm³/mol. The van der Waals surface area contributed by atoms with Gasteiger partial charge in [-0.25, -0.2) is 8.42 Å². The molecule has 0 N–H and O–H groups in total. The van der Waals surface area contributed by atoms with E-state index in [1.807, 2.05) is 19.1 Å². The molecular formula is C32H40N2O2SSi. The van der Waals surface area contributed by atoms with Gasteiger partial charge in [-0.1, -0.05) is 104 Å². The molecule has 0 radical (unpaired) electrons. The van der Waals surface area contributed by atoms with Crippen LogP contribution in [0.2, 0.25) is 19.6 Å². The van der Waals surface area contributed by atoms with Crippen molar-refractivity contribution in [3.8, 4) is 11.5 Å². The van der Waals surface area contributed by atoms with E-state index in [9.17, 15) is 8.42 Å². The van der Waals surface area contributed by atoms with Gasteiger partial charge in [0.15, 0.2) is 0 Å². The van der Waals surface area contributed by atoms with Gasteiger partial charge in [-0.2, -0.15) is 4.31 Å². The lowest BCUT2D eigenvalue weighted by Crippen LogP contribution is -2.46. The highest BCUT2D eigenvalue weighted by Gasteiger charge is 2.34. The molecule has 3 aromatic rings. The Morgan fingerprint density at radius 1 is 0.842 bits per heavy atom. The van der Waals surface area contributed by atoms with Crippen LogP contribution in [0.1, 0.15) is 29.5 Å². The van der Waals surface area contributed by atoms with Gasteiger partial charge >= 0.3 is 0 Å². The SMILES string of the molecule is Cc1ccc(S(=O)(=O)N2CCC([C@H](C#C[Si](C)(C)C)N(Cc3ccccc3)Cc3ccccc3)CC2)cc1. The third-order valence-electron chi connectivity index (χ3n) is 7.05. The molecule has 200 valence electrons. The van der Waals surface area contributed by atoms with Crippen LogP contribution in [0.5, 0.6) is 0 Å². The van der Waals surface area contributed by atoms with Gasteiger partial charge in [0.25, 0.3) is 0 Å². The van der Waals surface area contributed by atoms with E-state index >= 15 is 0 Å². The summed E-state index contributed by atoms with van der Waals surface area (Å²) in [6, 6.07) is 28.4. The van der Waals surface area contributed by atoms with Crippen molar-refractivity contribution in [2.45, 2.75) is 63.4 Å². The van der Waals surface area contributed by atoms with Gasteiger partial charge in [-0.3, -0.25) is 4.90 Å². The quantitative estimate of drug-likeness (QED) is 0.245. The number of benzene rings is 3. The molecule has 38 heavy (non-hydrogen) atoms. The van der Waals surface area contributed by atoms with Gasteiger partial charge in [0.1, 0.15) is 8.07 Å². The molecule has 0 spiro atoms. The molecule has 0 unspecified atom stereocenters. The number of sulfonamides is 1.